The van der Waals surface area contributed by atoms with Gasteiger partial charge in [0.2, 0.25) is 0 Å². The third kappa shape index (κ3) is 2.32. The lowest BCUT2D eigenvalue weighted by Gasteiger charge is -1.99. The molecule has 2 nitrogen and oxygen atoms in total. The Bertz CT molecular complexity index is 837. The fraction of sp³-hybridized carbons (Fsp3) is 0. The van der Waals surface area contributed by atoms with Crippen molar-refractivity contribution in [1.29, 1.82) is 5.26 Å². The van der Waals surface area contributed by atoms with E-state index in [1.54, 1.807) is 0 Å². The van der Waals surface area contributed by atoms with Gasteiger partial charge in [0.25, 0.3) is 0 Å². The number of nitriles is 1. The molecule has 0 bridgehead atoms. The first-order valence-corrected chi connectivity index (χ1v) is 6.59. The Morgan fingerprint density at radius 3 is 2.80 bits per heavy atom. The van der Waals surface area contributed by atoms with Crippen LogP contribution in [-0.2, 0) is 0 Å². The summed E-state index contributed by atoms with van der Waals surface area (Å²) in [6, 6.07) is 17.7. The van der Waals surface area contributed by atoms with Crippen LogP contribution in [0.25, 0.3) is 22.6 Å². The highest BCUT2D eigenvalue weighted by molar-refractivity contribution is 6.30. The van der Waals surface area contributed by atoms with E-state index in [0.717, 1.165) is 22.0 Å². The minimum Gasteiger partial charge on any atom is -0.361 e. The molecule has 1 heterocycles. The van der Waals surface area contributed by atoms with Crippen molar-refractivity contribution in [3.63, 3.8) is 0 Å². The molecular weight excluding hydrogens is 268 g/mol. The van der Waals surface area contributed by atoms with Gasteiger partial charge in [-0.25, -0.2) is 0 Å². The van der Waals surface area contributed by atoms with Gasteiger partial charge in [0.1, 0.15) is 0 Å². The number of para-hydroxylation sites is 1. The summed E-state index contributed by atoms with van der Waals surface area (Å²) in [5, 5.41) is 11.1. The first kappa shape index (κ1) is 12.5. The van der Waals surface area contributed by atoms with E-state index in [4.69, 9.17) is 11.6 Å². The number of aromatic nitrogens is 1. The molecule has 0 radical (unpaired) electrons. The van der Waals surface area contributed by atoms with Crippen molar-refractivity contribution in [3.8, 4) is 6.07 Å². The first-order chi connectivity index (χ1) is 9.78. The second-order valence-electron chi connectivity index (χ2n) is 4.47. The Hall–Kier alpha value is -2.50. The number of H-pyrrole nitrogens is 1. The van der Waals surface area contributed by atoms with Crippen LogP contribution < -0.4 is 0 Å². The highest BCUT2D eigenvalue weighted by Gasteiger charge is 2.07. The molecule has 20 heavy (non-hydrogen) atoms. The molecule has 3 heteroatoms. The van der Waals surface area contributed by atoms with E-state index in [-0.39, 0.29) is 0 Å². The van der Waals surface area contributed by atoms with Crippen molar-refractivity contribution in [2.24, 2.45) is 0 Å². The number of nitrogens with one attached hydrogen (secondary N) is 1. The van der Waals surface area contributed by atoms with E-state index in [1.165, 1.54) is 0 Å². The normalized spacial score (nSPS) is 11.5. The van der Waals surface area contributed by atoms with Crippen LogP contribution in [0.5, 0.6) is 0 Å². The third-order valence-electron chi connectivity index (χ3n) is 3.16. The van der Waals surface area contributed by atoms with Gasteiger partial charge < -0.3 is 4.98 Å². The number of fused-ring (bicyclic) bond motifs is 1. The Kier molecular flexibility index (Phi) is 3.28. The largest absolute Gasteiger partial charge is 0.361 e. The average molecular weight is 279 g/mol. The molecule has 0 aliphatic heterocycles. The molecule has 3 rings (SSSR count). The van der Waals surface area contributed by atoms with Gasteiger partial charge in [0, 0.05) is 27.7 Å². The van der Waals surface area contributed by atoms with Crippen LogP contribution in [0.2, 0.25) is 5.02 Å². The summed E-state index contributed by atoms with van der Waals surface area (Å²) in [7, 11) is 0. The zero-order valence-corrected chi connectivity index (χ0v) is 11.4. The number of allylic oxidation sites excluding steroid dienone is 1. The van der Waals surface area contributed by atoms with Gasteiger partial charge in [0.05, 0.1) is 11.6 Å². The zero-order valence-electron chi connectivity index (χ0n) is 10.6. The Balaban J connectivity index is 2.13. The highest BCUT2D eigenvalue weighted by atomic mass is 35.5. The molecule has 0 aliphatic carbocycles. The van der Waals surface area contributed by atoms with Crippen LogP contribution in [0, 0.1) is 11.3 Å². The van der Waals surface area contributed by atoms with Gasteiger partial charge >= 0.3 is 0 Å². The van der Waals surface area contributed by atoms with Crippen molar-refractivity contribution < 1.29 is 0 Å². The lowest BCUT2D eigenvalue weighted by atomic mass is 10.0. The summed E-state index contributed by atoms with van der Waals surface area (Å²) >= 11 is 5.97. The van der Waals surface area contributed by atoms with Crippen molar-refractivity contribution in [2.45, 2.75) is 0 Å². The Morgan fingerprint density at radius 2 is 2.00 bits per heavy atom. The van der Waals surface area contributed by atoms with E-state index in [0.29, 0.717) is 10.6 Å². The predicted octanol–water partition coefficient (Wildman–Crippen LogP) is 4.89. The number of nitrogens with zero attached hydrogens (tertiary/aromatic N) is 1. The SMILES string of the molecule is N#CC(=Cc1cccc(Cl)c1)c1c[nH]c2ccccc12. The van der Waals surface area contributed by atoms with Gasteiger partial charge in [-0.15, -0.1) is 0 Å². The molecule has 2 aromatic carbocycles. The number of halogens is 1. The fourth-order valence-corrected chi connectivity index (χ4v) is 2.43. The van der Waals surface area contributed by atoms with Gasteiger partial charge in [-0.3, -0.25) is 0 Å². The molecule has 1 N–H and O–H groups in total. The second kappa shape index (κ2) is 5.24. The van der Waals surface area contributed by atoms with Gasteiger partial charge in [-0.2, -0.15) is 5.26 Å². The molecule has 0 aliphatic rings. The standard InChI is InChI=1S/C17H11ClN2/c18-14-5-3-4-12(9-14)8-13(10-19)16-11-20-17-7-2-1-6-15(16)17/h1-9,11,20H. The maximum absolute atomic E-state index is 9.42. The summed E-state index contributed by atoms with van der Waals surface area (Å²) in [6.07, 6.45) is 3.71. The molecule has 0 unspecified atom stereocenters. The van der Waals surface area contributed by atoms with E-state index >= 15 is 0 Å². The summed E-state index contributed by atoms with van der Waals surface area (Å²) < 4.78 is 0. The van der Waals surface area contributed by atoms with Crippen LogP contribution in [0.3, 0.4) is 0 Å². The van der Waals surface area contributed by atoms with E-state index in [2.05, 4.69) is 11.1 Å². The second-order valence-corrected chi connectivity index (χ2v) is 4.91. The minimum atomic E-state index is 0.615. The number of aromatic amines is 1. The van der Waals surface area contributed by atoms with Crippen molar-refractivity contribution in [2.75, 3.05) is 0 Å². The number of hydrogen-bond donors (Lipinski definition) is 1. The summed E-state index contributed by atoms with van der Waals surface area (Å²) in [6.45, 7) is 0. The van der Waals surface area contributed by atoms with Crippen LogP contribution >= 0.6 is 11.6 Å². The van der Waals surface area contributed by atoms with E-state index in [1.807, 2.05) is 60.8 Å². The third-order valence-corrected chi connectivity index (χ3v) is 3.39. The molecular formula is C17H11ClN2. The molecule has 0 amide bonds. The van der Waals surface area contributed by atoms with E-state index in [9.17, 15) is 5.26 Å². The Morgan fingerprint density at radius 1 is 1.15 bits per heavy atom. The molecule has 0 saturated heterocycles. The molecule has 3 aromatic rings. The maximum atomic E-state index is 9.42. The topological polar surface area (TPSA) is 39.6 Å². The van der Waals surface area contributed by atoms with Crippen LogP contribution in [-0.4, -0.2) is 4.98 Å². The smallest absolute Gasteiger partial charge is 0.0998 e. The van der Waals surface area contributed by atoms with Crippen molar-refractivity contribution in [1.82, 2.24) is 4.98 Å². The van der Waals surface area contributed by atoms with Crippen LogP contribution in [0.15, 0.2) is 54.7 Å². The minimum absolute atomic E-state index is 0.615. The predicted molar refractivity (Wildman–Crippen MR) is 83.2 cm³/mol. The van der Waals surface area contributed by atoms with Gasteiger partial charge in [0.15, 0.2) is 0 Å². The lowest BCUT2D eigenvalue weighted by molar-refractivity contribution is 1.46. The summed E-state index contributed by atoms with van der Waals surface area (Å²) in [5.74, 6) is 0. The Labute approximate surface area is 121 Å². The number of benzene rings is 2. The quantitative estimate of drug-likeness (QED) is 0.666. The van der Waals surface area contributed by atoms with Gasteiger partial charge in [-0.05, 0) is 29.8 Å². The van der Waals surface area contributed by atoms with Crippen molar-refractivity contribution in [3.05, 3.63) is 70.9 Å². The van der Waals surface area contributed by atoms with E-state index < -0.39 is 0 Å². The molecule has 1 aromatic heterocycles. The molecule has 96 valence electrons. The van der Waals surface area contributed by atoms with Crippen molar-refractivity contribution >= 4 is 34.2 Å². The monoisotopic (exact) mass is 278 g/mol. The number of hydrogen-bond acceptors (Lipinski definition) is 1. The maximum Gasteiger partial charge on any atom is 0.0998 e. The number of rotatable bonds is 2. The first-order valence-electron chi connectivity index (χ1n) is 6.22. The lowest BCUT2D eigenvalue weighted by Crippen LogP contribution is -1.80. The van der Waals surface area contributed by atoms with Gasteiger partial charge in [-0.1, -0.05) is 41.9 Å². The summed E-state index contributed by atoms with van der Waals surface area (Å²) in [5.41, 5.74) is 3.46. The highest BCUT2D eigenvalue weighted by Crippen LogP contribution is 2.26. The van der Waals surface area contributed by atoms with Crippen LogP contribution in [0.1, 0.15) is 11.1 Å². The van der Waals surface area contributed by atoms with Crippen LogP contribution in [0.4, 0.5) is 0 Å². The summed E-state index contributed by atoms with van der Waals surface area (Å²) in [4.78, 5) is 3.18. The molecule has 0 atom stereocenters. The average Bonchev–Trinajstić information content (AvgIpc) is 2.89. The molecule has 0 spiro atoms. The fourth-order valence-electron chi connectivity index (χ4n) is 2.23. The molecule has 0 fully saturated rings. The molecule has 0 saturated carbocycles. The zero-order chi connectivity index (χ0) is 13.9.